The van der Waals surface area contributed by atoms with E-state index in [0.29, 0.717) is 6.54 Å². The molecule has 2 aromatic rings. The van der Waals surface area contributed by atoms with Gasteiger partial charge in [-0.1, -0.05) is 11.6 Å². The lowest BCUT2D eigenvalue weighted by atomic mass is 9.97. The molecule has 1 aliphatic carbocycles. The van der Waals surface area contributed by atoms with Gasteiger partial charge in [-0.3, -0.25) is 4.79 Å². The molecule has 0 unspecified atom stereocenters. The topological polar surface area (TPSA) is 84.7 Å². The highest BCUT2D eigenvalue weighted by atomic mass is 16.1. The molecule has 1 aliphatic rings. The number of nitrogens with one attached hydrogen (secondary N) is 2. The fourth-order valence-corrected chi connectivity index (χ4v) is 3.03. The maximum Gasteiger partial charge on any atom is 0.239 e. The molecule has 0 aliphatic heterocycles. The number of allylic oxidation sites excluding steroid dienone is 1. The zero-order valence-corrected chi connectivity index (χ0v) is 14.5. The van der Waals surface area contributed by atoms with Crippen molar-refractivity contribution >= 4 is 11.6 Å². The Morgan fingerprint density at radius 1 is 1.32 bits per heavy atom. The van der Waals surface area contributed by atoms with Crippen molar-refractivity contribution in [2.24, 2.45) is 0 Å². The smallest absolute Gasteiger partial charge is 0.239 e. The molecule has 1 aromatic carbocycles. The van der Waals surface area contributed by atoms with Gasteiger partial charge in [-0.05, 0) is 73.2 Å². The second-order valence-electron chi connectivity index (χ2n) is 6.32. The Balaban J connectivity index is 1.44. The third-order valence-corrected chi connectivity index (χ3v) is 4.40. The molecule has 132 valence electrons. The van der Waals surface area contributed by atoms with Gasteiger partial charge in [-0.15, -0.1) is 5.10 Å². The van der Waals surface area contributed by atoms with Crippen LogP contribution in [0.1, 0.15) is 37.7 Å². The highest BCUT2D eigenvalue weighted by Gasteiger charge is 2.07. The minimum atomic E-state index is 0.0126. The monoisotopic (exact) mass is 340 g/mol. The minimum Gasteiger partial charge on any atom is -0.376 e. The summed E-state index contributed by atoms with van der Waals surface area (Å²) >= 11 is 0. The molecule has 0 atom stereocenters. The summed E-state index contributed by atoms with van der Waals surface area (Å²) < 4.78 is 1.62. The van der Waals surface area contributed by atoms with E-state index in [1.807, 2.05) is 25.1 Å². The lowest BCUT2D eigenvalue weighted by Gasteiger charge is -2.13. The number of rotatable bonds is 7. The van der Waals surface area contributed by atoms with E-state index in [-0.39, 0.29) is 12.5 Å². The maximum absolute atomic E-state index is 12.0. The molecule has 3 rings (SSSR count). The van der Waals surface area contributed by atoms with Crippen molar-refractivity contribution in [1.82, 2.24) is 25.5 Å². The van der Waals surface area contributed by atoms with Crippen LogP contribution in [-0.2, 0) is 4.79 Å². The van der Waals surface area contributed by atoms with E-state index < -0.39 is 0 Å². The Bertz CT molecular complexity index is 738. The highest BCUT2D eigenvalue weighted by molar-refractivity contribution is 5.80. The highest BCUT2D eigenvalue weighted by Crippen LogP contribution is 2.19. The lowest BCUT2D eigenvalue weighted by molar-refractivity contribution is -0.119. The van der Waals surface area contributed by atoms with Crippen molar-refractivity contribution in [1.29, 1.82) is 0 Å². The van der Waals surface area contributed by atoms with E-state index in [1.54, 1.807) is 11.0 Å². The molecule has 7 heteroatoms. The Morgan fingerprint density at radius 2 is 2.24 bits per heavy atom. The number of anilines is 1. The van der Waals surface area contributed by atoms with Gasteiger partial charge >= 0.3 is 0 Å². The van der Waals surface area contributed by atoms with Gasteiger partial charge < -0.3 is 10.6 Å². The number of hydrogen-bond acceptors (Lipinski definition) is 5. The van der Waals surface area contributed by atoms with Crippen molar-refractivity contribution < 1.29 is 4.79 Å². The first-order valence-electron chi connectivity index (χ1n) is 8.75. The van der Waals surface area contributed by atoms with E-state index in [0.717, 1.165) is 23.4 Å². The predicted octanol–water partition coefficient (Wildman–Crippen LogP) is 2.39. The molecule has 0 bridgehead atoms. The number of carbonyl (C=O) groups is 1. The Labute approximate surface area is 147 Å². The molecule has 0 fully saturated rings. The molecular formula is C18H24N6O. The SMILES string of the molecule is Cc1cc(NCC(=O)NCCC2=CCCCC2)ccc1-n1cnnn1. The zero-order valence-electron chi connectivity index (χ0n) is 14.5. The number of tetrazole rings is 1. The molecule has 0 saturated carbocycles. The third-order valence-electron chi connectivity index (χ3n) is 4.40. The Morgan fingerprint density at radius 3 is 2.96 bits per heavy atom. The normalized spacial score (nSPS) is 14.0. The largest absolute Gasteiger partial charge is 0.376 e. The zero-order chi connectivity index (χ0) is 17.5. The molecule has 1 heterocycles. The van der Waals surface area contributed by atoms with Crippen LogP contribution in [0.5, 0.6) is 0 Å². The fourth-order valence-electron chi connectivity index (χ4n) is 3.03. The van der Waals surface area contributed by atoms with Crippen LogP contribution in [0.2, 0.25) is 0 Å². The van der Waals surface area contributed by atoms with Gasteiger partial charge in [-0.2, -0.15) is 0 Å². The lowest BCUT2D eigenvalue weighted by Crippen LogP contribution is -2.30. The van der Waals surface area contributed by atoms with Crippen LogP contribution < -0.4 is 10.6 Å². The average Bonchev–Trinajstić information content (AvgIpc) is 3.15. The molecular weight excluding hydrogens is 316 g/mol. The van der Waals surface area contributed by atoms with Crippen LogP contribution in [0, 0.1) is 6.92 Å². The minimum absolute atomic E-state index is 0.0126. The van der Waals surface area contributed by atoms with Crippen LogP contribution in [0.15, 0.2) is 36.2 Å². The summed E-state index contributed by atoms with van der Waals surface area (Å²) in [6.45, 7) is 2.96. The van der Waals surface area contributed by atoms with E-state index in [2.05, 4.69) is 32.2 Å². The van der Waals surface area contributed by atoms with Gasteiger partial charge in [0.25, 0.3) is 0 Å². The summed E-state index contributed by atoms with van der Waals surface area (Å²) in [7, 11) is 0. The van der Waals surface area contributed by atoms with E-state index in [9.17, 15) is 4.79 Å². The summed E-state index contributed by atoms with van der Waals surface area (Å²) in [5, 5.41) is 17.3. The summed E-state index contributed by atoms with van der Waals surface area (Å²) in [6.07, 6.45) is 9.79. The maximum atomic E-state index is 12.0. The van der Waals surface area contributed by atoms with Gasteiger partial charge in [0.05, 0.1) is 12.2 Å². The summed E-state index contributed by atoms with van der Waals surface area (Å²) in [5.74, 6) is 0.0126. The number of amides is 1. The van der Waals surface area contributed by atoms with E-state index in [1.165, 1.54) is 31.3 Å². The summed E-state index contributed by atoms with van der Waals surface area (Å²) in [5.41, 5.74) is 4.33. The van der Waals surface area contributed by atoms with Gasteiger partial charge in [0, 0.05) is 12.2 Å². The quantitative estimate of drug-likeness (QED) is 0.756. The van der Waals surface area contributed by atoms with Crippen molar-refractivity contribution in [2.45, 2.75) is 39.0 Å². The van der Waals surface area contributed by atoms with Crippen LogP contribution in [0.25, 0.3) is 5.69 Å². The molecule has 1 amide bonds. The van der Waals surface area contributed by atoms with Gasteiger partial charge in [0.15, 0.2) is 0 Å². The predicted molar refractivity (Wildman–Crippen MR) is 96.6 cm³/mol. The van der Waals surface area contributed by atoms with Crippen LogP contribution in [0.3, 0.4) is 0 Å². The van der Waals surface area contributed by atoms with Crippen molar-refractivity contribution in [3.05, 3.63) is 41.7 Å². The second-order valence-corrected chi connectivity index (χ2v) is 6.32. The first-order chi connectivity index (χ1) is 12.2. The summed E-state index contributed by atoms with van der Waals surface area (Å²) in [6, 6.07) is 5.84. The van der Waals surface area contributed by atoms with Crippen molar-refractivity contribution in [2.75, 3.05) is 18.4 Å². The number of benzene rings is 1. The molecule has 0 saturated heterocycles. The van der Waals surface area contributed by atoms with Crippen LogP contribution in [0.4, 0.5) is 5.69 Å². The van der Waals surface area contributed by atoms with E-state index in [4.69, 9.17) is 0 Å². The number of nitrogens with zero attached hydrogens (tertiary/aromatic N) is 4. The summed E-state index contributed by atoms with van der Waals surface area (Å²) in [4.78, 5) is 12.0. The van der Waals surface area contributed by atoms with Crippen molar-refractivity contribution in [3.63, 3.8) is 0 Å². The Kier molecular flexibility index (Phi) is 5.77. The number of aromatic nitrogens is 4. The molecule has 0 spiro atoms. The average molecular weight is 340 g/mol. The standard InChI is InChI=1S/C18H24N6O/c1-14-11-16(7-8-17(14)24-13-21-22-23-24)20-12-18(25)19-10-9-15-5-3-2-4-6-15/h5,7-8,11,13,20H,2-4,6,9-10,12H2,1H3,(H,19,25). The third kappa shape index (κ3) is 4.89. The molecule has 25 heavy (non-hydrogen) atoms. The first kappa shape index (κ1) is 17.1. The van der Waals surface area contributed by atoms with Gasteiger partial charge in [0.1, 0.15) is 6.33 Å². The second kappa shape index (κ2) is 8.41. The van der Waals surface area contributed by atoms with Gasteiger partial charge in [-0.25, -0.2) is 4.68 Å². The first-order valence-corrected chi connectivity index (χ1v) is 8.75. The van der Waals surface area contributed by atoms with Crippen LogP contribution >= 0.6 is 0 Å². The number of carbonyl (C=O) groups excluding carboxylic acids is 1. The van der Waals surface area contributed by atoms with E-state index >= 15 is 0 Å². The fraction of sp³-hybridized carbons (Fsp3) is 0.444. The van der Waals surface area contributed by atoms with Crippen LogP contribution in [-0.4, -0.2) is 39.2 Å². The molecule has 2 N–H and O–H groups in total. The number of aryl methyl sites for hydroxylation is 1. The molecule has 1 aromatic heterocycles. The van der Waals surface area contributed by atoms with Gasteiger partial charge in [0.2, 0.25) is 5.91 Å². The van der Waals surface area contributed by atoms with Crippen molar-refractivity contribution in [3.8, 4) is 5.69 Å². The molecule has 0 radical (unpaired) electrons. The Hall–Kier alpha value is -2.70. The molecule has 7 nitrogen and oxygen atoms in total. The number of hydrogen-bond donors (Lipinski definition) is 2.